The molecule has 0 spiro atoms. The Morgan fingerprint density at radius 2 is 1.00 bits per heavy atom. The first-order valence-electron chi connectivity index (χ1n) is 0. The third kappa shape index (κ3) is 21.7. The van der Waals surface area contributed by atoms with E-state index in [0.717, 1.165) is 0 Å². The van der Waals surface area contributed by atoms with Gasteiger partial charge in [0.2, 0.25) is 0 Å². The minimum Gasteiger partial charge on any atom is 0 e. The second-order valence-electron chi connectivity index (χ2n) is 0. The maximum Gasteiger partial charge on any atom is 0 e. The molecule has 30 valence electrons. The molecular weight excluding hydrogens is 268 g/mol. The van der Waals surface area contributed by atoms with Gasteiger partial charge in [-0.15, -0.1) is 0 Å². The summed E-state index contributed by atoms with van der Waals surface area (Å²) in [5, 5.41) is 0. The van der Waals surface area contributed by atoms with Crippen LogP contribution in [0.2, 0.25) is 0 Å². The topological polar surface area (TPSA) is 0 Å². The molecule has 0 aliphatic rings. The first-order valence-corrected chi connectivity index (χ1v) is 0. The molecule has 0 aromatic heterocycles. The third-order valence-corrected chi connectivity index (χ3v) is 0. The summed E-state index contributed by atoms with van der Waals surface area (Å²) < 4.78 is 0. The van der Waals surface area contributed by atoms with Gasteiger partial charge in [0.1, 0.15) is 0 Å². The molecule has 0 atom stereocenters. The van der Waals surface area contributed by atoms with Gasteiger partial charge in [0.05, 0.1) is 0 Å². The van der Waals surface area contributed by atoms with Gasteiger partial charge >= 0.3 is 0 Å². The summed E-state index contributed by atoms with van der Waals surface area (Å²) in [7, 11) is 0. The van der Waals surface area contributed by atoms with Crippen LogP contribution in [0.25, 0.3) is 0 Å². The van der Waals surface area contributed by atoms with Crippen molar-refractivity contribution < 1.29 is 73.5 Å². The van der Waals surface area contributed by atoms with Crippen molar-refractivity contribution >= 4 is 8.41 Å². The van der Waals surface area contributed by atoms with Crippen molar-refractivity contribution in [2.24, 2.45) is 0 Å². The second kappa shape index (κ2) is 32.8. The van der Waals surface area contributed by atoms with E-state index in [4.69, 9.17) is 0 Å². The normalized spacial score (nSPS) is 0. The molecule has 4 radical (unpaired) electrons. The summed E-state index contributed by atoms with van der Waals surface area (Å²) in [5.41, 5.74) is 0. The van der Waals surface area contributed by atoms with Gasteiger partial charge in [0.25, 0.3) is 0 Å². The summed E-state index contributed by atoms with van der Waals surface area (Å²) in [5.74, 6) is 0. The maximum atomic E-state index is 0. The molecule has 0 saturated carbocycles. The summed E-state index contributed by atoms with van der Waals surface area (Å²) >= 11 is 0. The molecule has 0 aromatic carbocycles. The predicted octanol–water partition coefficient (Wildman–Crippen LogP) is -0.391. The van der Waals surface area contributed by atoms with Crippen LogP contribution >= 0.6 is 0 Å². The van der Waals surface area contributed by atoms with Gasteiger partial charge in [-0.2, -0.15) is 0 Å². The Balaban J connectivity index is 0. The molecular formula is BCrMoNiV. The minimum absolute atomic E-state index is 0. The van der Waals surface area contributed by atoms with E-state index in [-0.39, 0.29) is 81.9 Å². The Bertz CT molecular complexity index is 11.6. The van der Waals surface area contributed by atoms with Gasteiger partial charge < -0.3 is 0 Å². The molecule has 0 bridgehead atoms. The maximum absolute atomic E-state index is 0. The van der Waals surface area contributed by atoms with Crippen LogP contribution in [0.1, 0.15) is 0 Å². The standard InChI is InChI=1S/B.Cr.Mo.Ni.V. The quantitative estimate of drug-likeness (QED) is 0.525. The molecule has 0 amide bonds. The fraction of sp³-hybridized carbons (Fsp3) is 0. The first-order chi connectivity index (χ1) is 0. The van der Waals surface area contributed by atoms with Crippen LogP contribution in [0.3, 0.4) is 0 Å². The fourth-order valence-electron chi connectivity index (χ4n) is 0. The summed E-state index contributed by atoms with van der Waals surface area (Å²) in [6, 6.07) is 0. The van der Waals surface area contributed by atoms with Crippen LogP contribution in [0.5, 0.6) is 0 Å². The summed E-state index contributed by atoms with van der Waals surface area (Å²) in [6.07, 6.45) is 0. The number of hydrogen-bond acceptors (Lipinski definition) is 0. The van der Waals surface area contributed by atoms with Crippen molar-refractivity contribution in [2.75, 3.05) is 0 Å². The van der Waals surface area contributed by atoms with Crippen LogP contribution < -0.4 is 0 Å². The predicted molar refractivity (Wildman–Crippen MR) is 5.75 cm³/mol. The van der Waals surface area contributed by atoms with Crippen LogP contribution in [-0.2, 0) is 73.5 Å². The zero-order chi connectivity index (χ0) is 0. The van der Waals surface area contributed by atoms with E-state index in [1.807, 2.05) is 0 Å². The van der Waals surface area contributed by atoms with Crippen LogP contribution in [0.4, 0.5) is 0 Å². The van der Waals surface area contributed by atoms with E-state index in [1.54, 1.807) is 0 Å². The van der Waals surface area contributed by atoms with Crippen molar-refractivity contribution in [3.05, 3.63) is 0 Å². The van der Waals surface area contributed by atoms with Gasteiger partial charge in [0, 0.05) is 81.9 Å². The van der Waals surface area contributed by atoms with Crippen molar-refractivity contribution in [3.63, 3.8) is 0 Å². The molecule has 5 heavy (non-hydrogen) atoms. The molecule has 0 fully saturated rings. The Morgan fingerprint density at radius 1 is 1.00 bits per heavy atom. The molecule has 0 unspecified atom stereocenters. The SMILES string of the molecule is [B].[Cr].[Mo].[Ni].[V]. The fourth-order valence-corrected chi connectivity index (χ4v) is 0. The molecule has 0 heterocycles. The monoisotopic (exact) mass is 270 g/mol. The van der Waals surface area contributed by atoms with Gasteiger partial charge in [-0.05, 0) is 0 Å². The Kier molecular flexibility index (Phi) is 350. The minimum atomic E-state index is 0. The van der Waals surface area contributed by atoms with Crippen molar-refractivity contribution in [1.82, 2.24) is 0 Å². The van der Waals surface area contributed by atoms with Gasteiger partial charge in [-0.1, -0.05) is 0 Å². The van der Waals surface area contributed by atoms with Crippen LogP contribution in [0, 0.1) is 0 Å². The smallest absolute Gasteiger partial charge is 0 e. The molecule has 0 rings (SSSR count). The molecule has 0 aromatic rings. The third-order valence-electron chi connectivity index (χ3n) is 0. The molecule has 0 aliphatic heterocycles. The summed E-state index contributed by atoms with van der Waals surface area (Å²) in [6.45, 7) is 0. The second-order valence-corrected chi connectivity index (χ2v) is 0. The van der Waals surface area contributed by atoms with Gasteiger partial charge in [0.15, 0.2) is 0 Å². The number of rotatable bonds is 0. The Morgan fingerprint density at radius 3 is 1.00 bits per heavy atom. The average molecular weight is 268 g/mol. The van der Waals surface area contributed by atoms with E-state index >= 15 is 0 Å². The largest absolute Gasteiger partial charge is 0 e. The average Bonchev–Trinajstić information content (AvgIpc) is 0. The van der Waals surface area contributed by atoms with E-state index in [9.17, 15) is 0 Å². The van der Waals surface area contributed by atoms with Crippen LogP contribution in [0.15, 0.2) is 0 Å². The van der Waals surface area contributed by atoms with Gasteiger partial charge in [-0.25, -0.2) is 0 Å². The zero-order valence-electron chi connectivity index (χ0n) is 2.16. The Hall–Kier alpha value is 2.36. The summed E-state index contributed by atoms with van der Waals surface area (Å²) in [4.78, 5) is 0. The molecule has 0 nitrogen and oxygen atoms in total. The van der Waals surface area contributed by atoms with Crippen molar-refractivity contribution in [3.8, 4) is 0 Å². The van der Waals surface area contributed by atoms with Gasteiger partial charge in [-0.3, -0.25) is 0 Å². The Labute approximate surface area is 81.0 Å². The van der Waals surface area contributed by atoms with Crippen LogP contribution in [-0.4, -0.2) is 8.41 Å². The number of hydrogen-bond donors (Lipinski definition) is 0. The van der Waals surface area contributed by atoms with E-state index in [1.165, 1.54) is 0 Å². The molecule has 0 saturated heterocycles. The molecule has 0 N–H and O–H groups in total. The van der Waals surface area contributed by atoms with Crippen molar-refractivity contribution in [2.45, 2.75) is 0 Å². The molecule has 5 heteroatoms. The first kappa shape index (κ1) is 53.4. The molecule has 0 aliphatic carbocycles. The van der Waals surface area contributed by atoms with Crippen molar-refractivity contribution in [1.29, 1.82) is 0 Å². The van der Waals surface area contributed by atoms with E-state index < -0.39 is 0 Å². The van der Waals surface area contributed by atoms with E-state index in [2.05, 4.69) is 0 Å². The zero-order valence-corrected chi connectivity index (χ0v) is 7.82. The van der Waals surface area contributed by atoms with E-state index in [0.29, 0.717) is 0 Å².